The molecule has 0 aliphatic rings. The quantitative estimate of drug-likeness (QED) is 0.663. The number of hydrogen-bond donors (Lipinski definition) is 1. The Balaban J connectivity index is 1.69. The van der Waals surface area contributed by atoms with Gasteiger partial charge in [-0.2, -0.15) is 11.8 Å². The van der Waals surface area contributed by atoms with Crippen LogP contribution < -0.4 is 5.32 Å². The van der Waals surface area contributed by atoms with Gasteiger partial charge in [0.2, 0.25) is 5.91 Å². The van der Waals surface area contributed by atoms with Gasteiger partial charge in [0.05, 0.1) is 17.3 Å². The number of hydrogen-bond acceptors (Lipinski definition) is 5. The van der Waals surface area contributed by atoms with Crippen LogP contribution in [-0.4, -0.2) is 27.4 Å². The Morgan fingerprint density at radius 3 is 2.88 bits per heavy atom. The van der Waals surface area contributed by atoms with Gasteiger partial charge in [-0.3, -0.25) is 9.78 Å². The highest BCUT2D eigenvalue weighted by atomic mass is 32.2. The van der Waals surface area contributed by atoms with Crippen LogP contribution >= 0.6 is 23.1 Å². The Morgan fingerprint density at radius 1 is 1.35 bits per heavy atom. The fourth-order valence-electron chi connectivity index (χ4n) is 2.64. The van der Waals surface area contributed by atoms with E-state index in [2.05, 4.69) is 27.3 Å². The number of benzene rings is 1. The van der Waals surface area contributed by atoms with E-state index in [9.17, 15) is 4.79 Å². The number of carbonyl (C=O) groups excluding carboxylic acids is 1. The molecule has 0 aliphatic heterocycles. The predicted octanol–water partition coefficient (Wildman–Crippen LogP) is 3.57. The lowest BCUT2D eigenvalue weighted by molar-refractivity contribution is -0.120. The maximum absolute atomic E-state index is 12.5. The molecule has 2 aromatic heterocycles. The maximum atomic E-state index is 12.5. The topological polar surface area (TPSA) is 54.9 Å². The Kier molecular flexibility index (Phi) is 5.92. The van der Waals surface area contributed by atoms with Gasteiger partial charge in [0.15, 0.2) is 0 Å². The minimum atomic E-state index is -0.155. The Labute approximate surface area is 161 Å². The summed E-state index contributed by atoms with van der Waals surface area (Å²) in [5, 5.41) is 4.75. The molecule has 0 aliphatic carbocycles. The molecule has 1 amide bonds. The first-order chi connectivity index (χ1) is 12.6. The van der Waals surface area contributed by atoms with Crippen LogP contribution in [0.2, 0.25) is 0 Å². The van der Waals surface area contributed by atoms with E-state index in [0.29, 0.717) is 13.0 Å². The van der Waals surface area contributed by atoms with Gasteiger partial charge in [0.1, 0.15) is 5.01 Å². The molecule has 6 heteroatoms. The highest BCUT2D eigenvalue weighted by Crippen LogP contribution is 2.20. The Hall–Kier alpha value is -2.36. The van der Waals surface area contributed by atoms with Crippen LogP contribution in [0, 0.1) is 19.3 Å². The summed E-state index contributed by atoms with van der Waals surface area (Å²) in [5.74, 6) is 2.64. The molecule has 0 bridgehead atoms. The van der Waals surface area contributed by atoms with Gasteiger partial charge in [-0.05, 0) is 43.4 Å². The average Bonchev–Trinajstić information content (AvgIpc) is 3.08. The molecular weight excluding hydrogens is 362 g/mol. The van der Waals surface area contributed by atoms with Crippen molar-refractivity contribution in [1.29, 1.82) is 0 Å². The highest BCUT2D eigenvalue weighted by Gasteiger charge is 2.18. The van der Waals surface area contributed by atoms with Crippen LogP contribution in [-0.2, 0) is 17.8 Å². The minimum absolute atomic E-state index is 0.0287. The second kappa shape index (κ2) is 8.35. The zero-order chi connectivity index (χ0) is 18.5. The number of terminal acetylenes is 1. The summed E-state index contributed by atoms with van der Waals surface area (Å²) in [6.45, 7) is 2.48. The molecule has 3 rings (SSSR count). The lowest BCUT2D eigenvalue weighted by Gasteiger charge is -2.14. The smallest absolute Gasteiger partial charge is 0.233 e. The van der Waals surface area contributed by atoms with Gasteiger partial charge in [0, 0.05) is 28.2 Å². The van der Waals surface area contributed by atoms with Gasteiger partial charge >= 0.3 is 0 Å². The molecule has 0 radical (unpaired) electrons. The first kappa shape index (κ1) is 18.4. The van der Waals surface area contributed by atoms with Crippen LogP contribution in [0.3, 0.4) is 0 Å². The average molecular weight is 382 g/mol. The van der Waals surface area contributed by atoms with Gasteiger partial charge in [-0.1, -0.05) is 12.0 Å². The van der Waals surface area contributed by atoms with Gasteiger partial charge in [-0.15, -0.1) is 17.8 Å². The van der Waals surface area contributed by atoms with Crippen LogP contribution in [0.4, 0.5) is 0 Å². The number of aryl methyl sites for hydroxylation is 1. The highest BCUT2D eigenvalue weighted by molar-refractivity contribution is 7.99. The van der Waals surface area contributed by atoms with Crippen molar-refractivity contribution < 1.29 is 4.79 Å². The SMILES string of the molecule is C#Cc1cnc2ccc(CC(SC)C(=O)NCc3ncc(C)s3)cc2c1. The molecule has 0 saturated heterocycles. The van der Waals surface area contributed by atoms with E-state index in [1.807, 2.05) is 37.6 Å². The first-order valence-electron chi connectivity index (χ1n) is 8.16. The third-order valence-corrected chi connectivity index (χ3v) is 5.86. The molecule has 1 aromatic carbocycles. The summed E-state index contributed by atoms with van der Waals surface area (Å²) in [7, 11) is 0. The lowest BCUT2D eigenvalue weighted by Crippen LogP contribution is -2.33. The second-order valence-electron chi connectivity index (χ2n) is 5.91. The molecule has 0 fully saturated rings. The Morgan fingerprint density at radius 2 is 2.19 bits per heavy atom. The van der Waals surface area contributed by atoms with Crippen molar-refractivity contribution in [3.05, 3.63) is 57.7 Å². The zero-order valence-electron chi connectivity index (χ0n) is 14.7. The molecular formula is C20H19N3OS2. The van der Waals surface area contributed by atoms with E-state index < -0.39 is 0 Å². The molecule has 0 saturated carbocycles. The van der Waals surface area contributed by atoms with E-state index >= 15 is 0 Å². The molecule has 2 heterocycles. The van der Waals surface area contributed by atoms with E-state index in [-0.39, 0.29) is 11.2 Å². The fourth-order valence-corrected chi connectivity index (χ4v) is 4.03. The van der Waals surface area contributed by atoms with Crippen molar-refractivity contribution in [3.63, 3.8) is 0 Å². The van der Waals surface area contributed by atoms with Crippen molar-refractivity contribution in [1.82, 2.24) is 15.3 Å². The van der Waals surface area contributed by atoms with Gasteiger partial charge in [-0.25, -0.2) is 4.98 Å². The van der Waals surface area contributed by atoms with Gasteiger partial charge in [0.25, 0.3) is 0 Å². The summed E-state index contributed by atoms with van der Waals surface area (Å²) in [5.41, 5.74) is 2.75. The van der Waals surface area contributed by atoms with Crippen molar-refractivity contribution in [2.75, 3.05) is 6.26 Å². The minimum Gasteiger partial charge on any atom is -0.349 e. The molecule has 1 N–H and O–H groups in total. The standard InChI is InChI=1S/C20H19N3OS2/c1-4-14-7-16-8-15(5-6-17(16)21-11-14)9-18(25-3)20(24)23-12-19-22-10-13(2)26-19/h1,5-8,10-11,18H,9,12H2,2-3H3,(H,23,24). The number of aromatic nitrogens is 2. The largest absolute Gasteiger partial charge is 0.349 e. The van der Waals surface area contributed by atoms with Crippen molar-refractivity contribution in [3.8, 4) is 12.3 Å². The number of pyridine rings is 1. The molecule has 4 nitrogen and oxygen atoms in total. The number of thiazole rings is 1. The number of rotatable bonds is 6. The van der Waals surface area contributed by atoms with Crippen molar-refractivity contribution in [2.24, 2.45) is 0 Å². The van der Waals surface area contributed by atoms with Crippen molar-refractivity contribution >= 4 is 39.9 Å². The number of nitrogens with zero attached hydrogens (tertiary/aromatic N) is 2. The van der Waals surface area contributed by atoms with Gasteiger partial charge < -0.3 is 5.32 Å². The molecule has 132 valence electrons. The van der Waals surface area contributed by atoms with Crippen LogP contribution in [0.1, 0.15) is 21.0 Å². The molecule has 1 unspecified atom stereocenters. The van der Waals surface area contributed by atoms with Crippen LogP contribution in [0.25, 0.3) is 10.9 Å². The van der Waals surface area contributed by atoms with E-state index in [1.54, 1.807) is 29.3 Å². The summed E-state index contributed by atoms with van der Waals surface area (Å²) in [6, 6.07) is 8.00. The number of fused-ring (bicyclic) bond motifs is 1. The van der Waals surface area contributed by atoms with Crippen LogP contribution in [0.15, 0.2) is 36.7 Å². The van der Waals surface area contributed by atoms with E-state index in [0.717, 1.165) is 31.9 Å². The van der Waals surface area contributed by atoms with E-state index in [4.69, 9.17) is 6.42 Å². The molecule has 0 spiro atoms. The third-order valence-electron chi connectivity index (χ3n) is 3.99. The first-order valence-corrected chi connectivity index (χ1v) is 10.3. The number of carbonyl (C=O) groups is 1. The Bertz CT molecular complexity index is 975. The number of nitrogens with one attached hydrogen (secondary N) is 1. The van der Waals surface area contributed by atoms with Crippen molar-refractivity contribution in [2.45, 2.75) is 25.1 Å². The molecule has 26 heavy (non-hydrogen) atoms. The summed E-state index contributed by atoms with van der Waals surface area (Å²) in [4.78, 5) is 22.3. The number of thioether (sulfide) groups is 1. The predicted molar refractivity (Wildman–Crippen MR) is 109 cm³/mol. The summed E-state index contributed by atoms with van der Waals surface area (Å²) < 4.78 is 0. The molecule has 1 atom stereocenters. The maximum Gasteiger partial charge on any atom is 0.233 e. The molecule has 3 aromatic rings. The monoisotopic (exact) mass is 381 g/mol. The fraction of sp³-hybridized carbons (Fsp3) is 0.250. The summed E-state index contributed by atoms with van der Waals surface area (Å²) >= 11 is 3.15. The number of amides is 1. The lowest BCUT2D eigenvalue weighted by atomic mass is 10.0. The third kappa shape index (κ3) is 4.43. The normalized spacial score (nSPS) is 11.9. The summed E-state index contributed by atoms with van der Waals surface area (Å²) in [6.07, 6.45) is 11.6. The van der Waals surface area contributed by atoms with E-state index in [1.165, 1.54) is 0 Å². The zero-order valence-corrected chi connectivity index (χ0v) is 16.3. The second-order valence-corrected chi connectivity index (χ2v) is 8.27. The van der Waals surface area contributed by atoms with Crippen LogP contribution in [0.5, 0.6) is 0 Å².